The Kier molecular flexibility index (Phi) is 15.3. The van der Waals surface area contributed by atoms with Crippen LogP contribution in [0.25, 0.3) is 0 Å². The van der Waals surface area contributed by atoms with Crippen molar-refractivity contribution in [2.45, 2.75) is 130 Å². The van der Waals surface area contributed by atoms with Gasteiger partial charge in [0.05, 0.1) is 16.1 Å². The van der Waals surface area contributed by atoms with Crippen molar-refractivity contribution >= 4 is 16.1 Å². The van der Waals surface area contributed by atoms with Gasteiger partial charge in [-0.1, -0.05) is 152 Å². The molecule has 164 valence electrons. The number of hydrogen-bond acceptors (Lipinski definition) is 0. The molecule has 0 saturated heterocycles. The average Bonchev–Trinajstić information content (AvgIpc) is 2.74. The third-order valence-corrected chi connectivity index (χ3v) is 19.0. The first-order chi connectivity index (χ1) is 13.5. The Labute approximate surface area is 181 Å². The molecule has 0 aliphatic rings. The first kappa shape index (κ1) is 27.7. The van der Waals surface area contributed by atoms with E-state index in [4.69, 9.17) is 0 Å². The van der Waals surface area contributed by atoms with Gasteiger partial charge in [0.15, 0.2) is 0 Å². The monoisotopic (exact) mass is 420 g/mol. The van der Waals surface area contributed by atoms with Crippen molar-refractivity contribution in [3.05, 3.63) is 35.2 Å². The van der Waals surface area contributed by atoms with Gasteiger partial charge in [0.2, 0.25) is 0 Å². The van der Waals surface area contributed by atoms with Crippen molar-refractivity contribution in [2.24, 2.45) is 0 Å². The van der Waals surface area contributed by atoms with Crippen LogP contribution >= 0.6 is 0 Å². The Balaban J connectivity index is 5.71. The summed E-state index contributed by atoms with van der Waals surface area (Å²) in [6, 6.07) is 8.18. The first-order valence-corrected chi connectivity index (χ1v) is 17.8. The second-order valence-corrected chi connectivity index (χ2v) is 19.2. The molecule has 0 aliphatic carbocycles. The molecule has 2 heteroatoms. The second kappa shape index (κ2) is 15.5. The second-order valence-electron chi connectivity index (χ2n) is 8.70. The maximum Gasteiger partial charge on any atom is 0.0858 e. The molecular formula is C26H52Si2. The zero-order chi connectivity index (χ0) is 21.5. The van der Waals surface area contributed by atoms with Crippen LogP contribution in [0, 0.1) is 0 Å². The molecule has 0 heterocycles. The van der Waals surface area contributed by atoms with Gasteiger partial charge in [-0.3, -0.25) is 0 Å². The Morgan fingerprint density at radius 3 is 1.46 bits per heavy atom. The quantitative estimate of drug-likeness (QED) is 0.125. The molecule has 0 unspecified atom stereocenters. The van der Waals surface area contributed by atoms with Gasteiger partial charge in [-0.15, -0.1) is 0 Å². The highest BCUT2D eigenvalue weighted by Gasteiger charge is 2.34. The predicted molar refractivity (Wildman–Crippen MR) is 139 cm³/mol. The van der Waals surface area contributed by atoms with E-state index in [9.17, 15) is 0 Å². The minimum atomic E-state index is -1.37. The first-order valence-electron chi connectivity index (χ1n) is 12.5. The van der Waals surface area contributed by atoms with Gasteiger partial charge in [-0.25, -0.2) is 0 Å². The summed E-state index contributed by atoms with van der Waals surface area (Å²) in [5.41, 5.74) is 0. The fourth-order valence-electron chi connectivity index (χ4n) is 4.93. The zero-order valence-corrected chi connectivity index (χ0v) is 22.6. The van der Waals surface area contributed by atoms with E-state index in [2.05, 4.69) is 73.3 Å². The van der Waals surface area contributed by atoms with Crippen molar-refractivity contribution in [1.29, 1.82) is 0 Å². The van der Waals surface area contributed by atoms with Gasteiger partial charge in [0.1, 0.15) is 0 Å². The SMILES string of the molecule is C=C/C(=C/C(=C/CCCCCCCC)[Si](CC)(CC)CC)[Si](CC)(CC)CC. The van der Waals surface area contributed by atoms with Crippen molar-refractivity contribution in [3.8, 4) is 0 Å². The molecule has 0 saturated carbocycles. The van der Waals surface area contributed by atoms with E-state index < -0.39 is 16.1 Å². The molecule has 0 aromatic rings. The molecule has 0 radical (unpaired) electrons. The zero-order valence-electron chi connectivity index (χ0n) is 20.6. The topological polar surface area (TPSA) is 0 Å². The highest BCUT2D eigenvalue weighted by Crippen LogP contribution is 2.35. The fourth-order valence-corrected chi connectivity index (χ4v) is 12.5. The van der Waals surface area contributed by atoms with E-state index in [1.54, 1.807) is 10.4 Å². The van der Waals surface area contributed by atoms with Crippen LogP contribution in [-0.2, 0) is 0 Å². The third kappa shape index (κ3) is 7.82. The Bertz CT molecular complexity index is 448. The molecule has 0 aromatic heterocycles. The predicted octanol–water partition coefficient (Wildman–Crippen LogP) is 9.87. The van der Waals surface area contributed by atoms with E-state index in [0.29, 0.717) is 0 Å². The van der Waals surface area contributed by atoms with Crippen LogP contribution in [0.4, 0.5) is 0 Å². The smallest absolute Gasteiger partial charge is 0.0858 e. The van der Waals surface area contributed by atoms with Crippen molar-refractivity contribution in [2.75, 3.05) is 0 Å². The molecule has 0 atom stereocenters. The lowest BCUT2D eigenvalue weighted by molar-refractivity contribution is 0.611. The Morgan fingerprint density at radius 2 is 1.04 bits per heavy atom. The molecule has 0 amide bonds. The summed E-state index contributed by atoms with van der Waals surface area (Å²) < 4.78 is 0. The maximum absolute atomic E-state index is 4.28. The summed E-state index contributed by atoms with van der Waals surface area (Å²) in [7, 11) is -2.74. The molecule has 0 spiro atoms. The number of rotatable bonds is 17. The lowest BCUT2D eigenvalue weighted by Gasteiger charge is -2.34. The molecule has 0 aliphatic heterocycles. The molecule has 28 heavy (non-hydrogen) atoms. The van der Waals surface area contributed by atoms with E-state index in [1.807, 2.05) is 0 Å². The average molecular weight is 421 g/mol. The van der Waals surface area contributed by atoms with Gasteiger partial charge in [-0.2, -0.15) is 0 Å². The fraction of sp³-hybridized carbons (Fsp3) is 0.769. The minimum Gasteiger partial charge on any atom is -0.0992 e. The minimum absolute atomic E-state index is 1.27. The summed E-state index contributed by atoms with van der Waals surface area (Å²) in [6.07, 6.45) is 17.2. The Morgan fingerprint density at radius 1 is 0.607 bits per heavy atom. The maximum atomic E-state index is 4.28. The molecule has 0 rings (SSSR count). The summed E-state index contributed by atoms with van der Waals surface area (Å²) in [5.74, 6) is 0. The van der Waals surface area contributed by atoms with Crippen molar-refractivity contribution in [1.82, 2.24) is 0 Å². The summed E-state index contributed by atoms with van der Waals surface area (Å²) >= 11 is 0. The largest absolute Gasteiger partial charge is 0.0992 e. The Hall–Kier alpha value is -0.346. The number of allylic oxidation sites excluding steroid dienone is 5. The third-order valence-electron chi connectivity index (χ3n) is 7.74. The normalized spacial score (nSPS) is 13.8. The van der Waals surface area contributed by atoms with Crippen LogP contribution in [0.15, 0.2) is 35.2 Å². The van der Waals surface area contributed by atoms with Crippen molar-refractivity contribution in [3.63, 3.8) is 0 Å². The molecule has 0 aromatic carbocycles. The van der Waals surface area contributed by atoms with E-state index in [1.165, 1.54) is 81.2 Å². The highest BCUT2D eigenvalue weighted by atomic mass is 28.3. The molecular weight excluding hydrogens is 368 g/mol. The van der Waals surface area contributed by atoms with Gasteiger partial charge >= 0.3 is 0 Å². The van der Waals surface area contributed by atoms with Crippen LogP contribution in [0.5, 0.6) is 0 Å². The van der Waals surface area contributed by atoms with Crippen LogP contribution < -0.4 is 0 Å². The summed E-state index contributed by atoms with van der Waals surface area (Å²) in [6.45, 7) is 21.2. The lowest BCUT2D eigenvalue weighted by atomic mass is 10.1. The van der Waals surface area contributed by atoms with Crippen LogP contribution in [0.3, 0.4) is 0 Å². The lowest BCUT2D eigenvalue weighted by Crippen LogP contribution is -2.37. The highest BCUT2D eigenvalue weighted by molar-refractivity contribution is 6.89. The van der Waals surface area contributed by atoms with Crippen LogP contribution in [0.1, 0.15) is 93.4 Å². The van der Waals surface area contributed by atoms with Crippen molar-refractivity contribution < 1.29 is 0 Å². The van der Waals surface area contributed by atoms with Crippen LogP contribution in [0.2, 0.25) is 36.3 Å². The standard InChI is InChI=1S/C26H52Si2/c1-9-17-18-19-20-21-22-23-26(28(14-6,15-7)16-8)24-25(10-2)27(11-3,12-4)13-5/h10,23-24H,2,9,11-22H2,1,3-8H3/b25-24-,26-23-. The van der Waals surface area contributed by atoms with Crippen LogP contribution in [-0.4, -0.2) is 16.1 Å². The molecule has 0 N–H and O–H groups in total. The van der Waals surface area contributed by atoms with Gasteiger partial charge < -0.3 is 0 Å². The van der Waals surface area contributed by atoms with Gasteiger partial charge in [0, 0.05) is 0 Å². The van der Waals surface area contributed by atoms with E-state index >= 15 is 0 Å². The summed E-state index contributed by atoms with van der Waals surface area (Å²) in [5, 5.41) is 3.40. The van der Waals surface area contributed by atoms with Gasteiger partial charge in [0.25, 0.3) is 0 Å². The van der Waals surface area contributed by atoms with E-state index in [-0.39, 0.29) is 0 Å². The van der Waals surface area contributed by atoms with Gasteiger partial charge in [-0.05, 0) is 12.8 Å². The molecule has 0 fully saturated rings. The summed E-state index contributed by atoms with van der Waals surface area (Å²) in [4.78, 5) is 0. The number of unbranched alkanes of at least 4 members (excludes halogenated alkanes) is 6. The molecule has 0 bridgehead atoms. The molecule has 0 nitrogen and oxygen atoms in total. The van der Waals surface area contributed by atoms with E-state index in [0.717, 1.165) is 0 Å². The number of hydrogen-bond donors (Lipinski definition) is 0.